The van der Waals surface area contributed by atoms with E-state index in [2.05, 4.69) is 118 Å². The highest BCUT2D eigenvalue weighted by Crippen LogP contribution is 2.17. The number of hydrogen-bond acceptors (Lipinski definition) is 6. The quantitative estimate of drug-likeness (QED) is 0.0261. The molecule has 0 aliphatic rings. The normalized spacial score (nSPS) is 12.7. The van der Waals surface area contributed by atoms with E-state index < -0.39 is 6.10 Å². The second-order valence-electron chi connectivity index (χ2n) is 23.8. The standard InChI is InChI=1S/C77H134O6/c1-4-7-10-13-16-19-22-25-28-31-34-36-37-38-39-41-43-46-49-52-55-58-61-64-67-70-76(79)82-73-74(72-81-75(78)69-66-63-60-57-54-51-48-45-42-33-30-27-24-21-18-15-12-9-6-3)83-77(80)71-68-65-62-59-56-53-50-47-44-40-35-32-29-26-23-20-17-14-11-8-5-2/h9,12,18,21,23,26-27,30-32,34-35,42,45,51,54,74H,4-8,10-11,13-17,19-20,22,24-25,28-29,33,36-41,43-44,46-50,52-53,55-73H2,1-3H3/b12-9-,21-18-,26-23-,30-27-,34-31-,35-32-,45-42-,54-51-. The zero-order valence-electron chi connectivity index (χ0n) is 54.9. The lowest BCUT2D eigenvalue weighted by molar-refractivity contribution is -0.167. The molecule has 0 N–H and O–H groups in total. The highest BCUT2D eigenvalue weighted by Gasteiger charge is 2.19. The Morgan fingerprint density at radius 1 is 0.253 bits per heavy atom. The van der Waals surface area contributed by atoms with Crippen LogP contribution in [0.5, 0.6) is 0 Å². The number of ether oxygens (including phenoxy) is 3. The van der Waals surface area contributed by atoms with Crippen molar-refractivity contribution in [2.24, 2.45) is 0 Å². The summed E-state index contributed by atoms with van der Waals surface area (Å²) in [5.41, 5.74) is 0. The molecule has 0 aromatic rings. The van der Waals surface area contributed by atoms with E-state index in [4.69, 9.17) is 14.2 Å². The molecule has 0 radical (unpaired) electrons. The van der Waals surface area contributed by atoms with E-state index in [1.165, 1.54) is 212 Å². The molecule has 0 aliphatic carbocycles. The van der Waals surface area contributed by atoms with Gasteiger partial charge in [0.05, 0.1) is 0 Å². The lowest BCUT2D eigenvalue weighted by Gasteiger charge is -2.18. The average molecular weight is 1160 g/mol. The van der Waals surface area contributed by atoms with Crippen LogP contribution in [0.1, 0.15) is 355 Å². The molecule has 0 aromatic carbocycles. The van der Waals surface area contributed by atoms with Crippen molar-refractivity contribution in [3.05, 3.63) is 97.2 Å². The van der Waals surface area contributed by atoms with Crippen LogP contribution in [-0.4, -0.2) is 37.2 Å². The minimum Gasteiger partial charge on any atom is -0.462 e. The largest absolute Gasteiger partial charge is 0.462 e. The van der Waals surface area contributed by atoms with Gasteiger partial charge in [-0.05, 0) is 122 Å². The van der Waals surface area contributed by atoms with E-state index in [9.17, 15) is 14.4 Å². The third-order valence-electron chi connectivity index (χ3n) is 15.5. The highest BCUT2D eigenvalue weighted by molar-refractivity contribution is 5.71. The van der Waals surface area contributed by atoms with Gasteiger partial charge in [0, 0.05) is 19.3 Å². The SMILES string of the molecule is CC/C=C\C/C=C\C/C=C\C/C=C\C/C=C\CCCCCC(=O)OCC(COC(=O)CCCCCCCCCCCCCCC/C=C\CCCCCCCCCC)OC(=O)CCCCCCCCCCC/C=C\C/C=C\CCCCCCC. The van der Waals surface area contributed by atoms with E-state index in [1.54, 1.807) is 0 Å². The number of hydrogen-bond donors (Lipinski definition) is 0. The molecule has 0 fully saturated rings. The third-order valence-corrected chi connectivity index (χ3v) is 15.5. The first-order chi connectivity index (χ1) is 41.0. The Kier molecular flexibility index (Phi) is 67.7. The van der Waals surface area contributed by atoms with Gasteiger partial charge < -0.3 is 14.2 Å². The summed E-state index contributed by atoms with van der Waals surface area (Å²) in [7, 11) is 0. The van der Waals surface area contributed by atoms with Crippen LogP contribution in [0.3, 0.4) is 0 Å². The van der Waals surface area contributed by atoms with Gasteiger partial charge in [-0.1, -0.05) is 311 Å². The highest BCUT2D eigenvalue weighted by atomic mass is 16.6. The zero-order chi connectivity index (χ0) is 59.9. The lowest BCUT2D eigenvalue weighted by atomic mass is 10.0. The summed E-state index contributed by atoms with van der Waals surface area (Å²) >= 11 is 0. The monoisotopic (exact) mass is 1160 g/mol. The molecule has 1 unspecified atom stereocenters. The van der Waals surface area contributed by atoms with Crippen molar-refractivity contribution in [3.63, 3.8) is 0 Å². The fourth-order valence-corrected chi connectivity index (χ4v) is 10.2. The van der Waals surface area contributed by atoms with Gasteiger partial charge in [-0.25, -0.2) is 0 Å². The van der Waals surface area contributed by atoms with Crippen LogP contribution in [-0.2, 0) is 28.6 Å². The minimum atomic E-state index is -0.797. The molecule has 0 saturated carbocycles. The number of carbonyl (C=O) groups is 3. The van der Waals surface area contributed by atoms with Crippen molar-refractivity contribution in [1.82, 2.24) is 0 Å². The number of carbonyl (C=O) groups excluding carboxylic acids is 3. The molecule has 478 valence electrons. The summed E-state index contributed by atoms with van der Waals surface area (Å²) in [6.45, 7) is 6.53. The van der Waals surface area contributed by atoms with Gasteiger partial charge in [0.2, 0.25) is 0 Å². The van der Waals surface area contributed by atoms with E-state index in [-0.39, 0.29) is 31.1 Å². The molecular formula is C77H134O6. The summed E-state index contributed by atoms with van der Waals surface area (Å²) in [5.74, 6) is -0.910. The molecule has 0 aliphatic heterocycles. The maximum atomic E-state index is 13.0. The summed E-state index contributed by atoms with van der Waals surface area (Å²) in [6, 6.07) is 0. The van der Waals surface area contributed by atoms with E-state index in [1.807, 2.05) is 0 Å². The van der Waals surface area contributed by atoms with Crippen LogP contribution in [0.25, 0.3) is 0 Å². The van der Waals surface area contributed by atoms with Crippen molar-refractivity contribution < 1.29 is 28.6 Å². The van der Waals surface area contributed by atoms with Gasteiger partial charge >= 0.3 is 17.9 Å². The van der Waals surface area contributed by atoms with E-state index >= 15 is 0 Å². The Hall–Kier alpha value is -3.67. The number of rotatable bonds is 65. The first-order valence-corrected chi connectivity index (χ1v) is 35.7. The van der Waals surface area contributed by atoms with Gasteiger partial charge in [-0.3, -0.25) is 14.4 Å². The van der Waals surface area contributed by atoms with Crippen LogP contribution in [0.4, 0.5) is 0 Å². The molecule has 0 heterocycles. The van der Waals surface area contributed by atoms with Crippen LogP contribution in [0.15, 0.2) is 97.2 Å². The molecule has 1 atom stereocenters. The van der Waals surface area contributed by atoms with Crippen molar-refractivity contribution >= 4 is 17.9 Å². The van der Waals surface area contributed by atoms with Gasteiger partial charge in [0.15, 0.2) is 6.10 Å². The third kappa shape index (κ3) is 69.0. The van der Waals surface area contributed by atoms with E-state index in [0.717, 1.165) is 103 Å². The number of unbranched alkanes of at least 4 members (excludes halogenated alkanes) is 38. The molecular weight excluding hydrogens is 1020 g/mol. The van der Waals surface area contributed by atoms with Gasteiger partial charge in [-0.15, -0.1) is 0 Å². The van der Waals surface area contributed by atoms with Gasteiger partial charge in [0.25, 0.3) is 0 Å². The molecule has 0 saturated heterocycles. The summed E-state index contributed by atoms with van der Waals surface area (Å²) in [4.78, 5) is 38.5. The molecule has 6 heteroatoms. The second-order valence-corrected chi connectivity index (χ2v) is 23.8. The van der Waals surface area contributed by atoms with Crippen LogP contribution >= 0.6 is 0 Å². The average Bonchev–Trinajstić information content (AvgIpc) is 3.49. The fourth-order valence-electron chi connectivity index (χ4n) is 10.2. The lowest BCUT2D eigenvalue weighted by Crippen LogP contribution is -2.30. The van der Waals surface area contributed by atoms with Crippen molar-refractivity contribution in [3.8, 4) is 0 Å². The molecule has 0 amide bonds. The van der Waals surface area contributed by atoms with Crippen molar-refractivity contribution in [2.45, 2.75) is 361 Å². The summed E-state index contributed by atoms with van der Waals surface area (Å²) < 4.78 is 17.0. The van der Waals surface area contributed by atoms with Crippen LogP contribution < -0.4 is 0 Å². The number of esters is 3. The maximum absolute atomic E-state index is 13.0. The first kappa shape index (κ1) is 79.3. The predicted molar refractivity (Wildman–Crippen MR) is 362 cm³/mol. The molecule has 83 heavy (non-hydrogen) atoms. The Morgan fingerprint density at radius 3 is 0.759 bits per heavy atom. The van der Waals surface area contributed by atoms with Gasteiger partial charge in [-0.2, -0.15) is 0 Å². The molecule has 6 nitrogen and oxygen atoms in total. The molecule has 0 rings (SSSR count). The number of allylic oxidation sites excluding steroid dienone is 16. The minimum absolute atomic E-state index is 0.0885. The topological polar surface area (TPSA) is 78.9 Å². The molecule has 0 bridgehead atoms. The summed E-state index contributed by atoms with van der Waals surface area (Å²) in [5, 5.41) is 0. The molecule has 0 aromatic heterocycles. The Morgan fingerprint density at radius 2 is 0.470 bits per heavy atom. The Labute approximate surface area is 515 Å². The second kappa shape index (κ2) is 70.8. The van der Waals surface area contributed by atoms with E-state index in [0.29, 0.717) is 19.3 Å². The van der Waals surface area contributed by atoms with Crippen molar-refractivity contribution in [1.29, 1.82) is 0 Å². The fraction of sp³-hybridized carbons (Fsp3) is 0.753. The predicted octanol–water partition coefficient (Wildman–Crippen LogP) is 24.8. The molecule has 0 spiro atoms. The Balaban J connectivity index is 4.39. The van der Waals surface area contributed by atoms with Crippen LogP contribution in [0, 0.1) is 0 Å². The van der Waals surface area contributed by atoms with Gasteiger partial charge in [0.1, 0.15) is 13.2 Å². The maximum Gasteiger partial charge on any atom is 0.306 e. The van der Waals surface area contributed by atoms with Crippen molar-refractivity contribution in [2.75, 3.05) is 13.2 Å². The zero-order valence-corrected chi connectivity index (χ0v) is 54.9. The first-order valence-electron chi connectivity index (χ1n) is 35.7. The Bertz CT molecular complexity index is 1610. The van der Waals surface area contributed by atoms with Crippen LogP contribution in [0.2, 0.25) is 0 Å². The smallest absolute Gasteiger partial charge is 0.306 e. The summed E-state index contributed by atoms with van der Waals surface area (Å²) in [6.07, 6.45) is 95.7.